The molecule has 1 saturated heterocycles. The first-order valence-electron chi connectivity index (χ1n) is 8.80. The molecule has 130 valence electrons. The smallest absolute Gasteiger partial charge is 0.0951 e. The number of aryl methyl sites for hydroxylation is 2. The molecule has 1 aliphatic rings. The molecular weight excluding hydrogens is 312 g/mol. The van der Waals surface area contributed by atoms with Crippen LogP contribution in [0.3, 0.4) is 0 Å². The second kappa shape index (κ2) is 6.48. The van der Waals surface area contributed by atoms with Crippen molar-refractivity contribution in [3.8, 4) is 11.3 Å². The summed E-state index contributed by atoms with van der Waals surface area (Å²) in [5, 5.41) is 4.30. The van der Waals surface area contributed by atoms with Gasteiger partial charge in [-0.3, -0.25) is 4.68 Å². The molecule has 5 nitrogen and oxygen atoms in total. The molecule has 0 radical (unpaired) electrons. The van der Waals surface area contributed by atoms with E-state index in [1.54, 1.807) is 0 Å². The van der Waals surface area contributed by atoms with Crippen LogP contribution in [0.25, 0.3) is 11.3 Å². The van der Waals surface area contributed by atoms with Gasteiger partial charge in [-0.2, -0.15) is 5.10 Å². The van der Waals surface area contributed by atoms with Gasteiger partial charge in [-0.15, -0.1) is 0 Å². The summed E-state index contributed by atoms with van der Waals surface area (Å²) >= 11 is 0. The Balaban J connectivity index is 1.72. The Labute approximate surface area is 148 Å². The molecule has 3 aromatic rings. The number of aromatic nitrogens is 4. The van der Waals surface area contributed by atoms with E-state index in [1.807, 2.05) is 36.6 Å². The van der Waals surface area contributed by atoms with Gasteiger partial charge in [-0.1, -0.05) is 29.8 Å². The minimum Gasteiger partial charge on any atom is -0.381 e. The predicted octanol–water partition coefficient (Wildman–Crippen LogP) is 3.34. The number of benzene rings is 1. The van der Waals surface area contributed by atoms with Crippen LogP contribution >= 0.6 is 0 Å². The average molecular weight is 336 g/mol. The van der Waals surface area contributed by atoms with Crippen LogP contribution in [0.4, 0.5) is 0 Å². The van der Waals surface area contributed by atoms with Gasteiger partial charge in [-0.05, 0) is 25.3 Å². The van der Waals surface area contributed by atoms with E-state index in [-0.39, 0.29) is 5.41 Å². The third kappa shape index (κ3) is 3.12. The normalized spacial score (nSPS) is 16.9. The lowest BCUT2D eigenvalue weighted by atomic mass is 9.73. The fourth-order valence-corrected chi connectivity index (χ4v) is 3.84. The number of ether oxygens (including phenoxy) is 1. The Morgan fingerprint density at radius 2 is 2.04 bits per heavy atom. The zero-order chi connectivity index (χ0) is 17.3. The Morgan fingerprint density at radius 1 is 1.20 bits per heavy atom. The molecule has 0 bridgehead atoms. The molecule has 4 rings (SSSR count). The number of hydrogen-bond acceptors (Lipinski definition) is 3. The molecule has 3 heterocycles. The number of imidazole rings is 1. The first-order chi connectivity index (χ1) is 12.2. The summed E-state index contributed by atoms with van der Waals surface area (Å²) in [5.41, 5.74) is 5.02. The molecule has 0 unspecified atom stereocenters. The Hall–Kier alpha value is -2.40. The number of rotatable bonds is 4. The summed E-state index contributed by atoms with van der Waals surface area (Å²) in [4.78, 5) is 4.41. The van der Waals surface area contributed by atoms with Crippen LogP contribution in [0, 0.1) is 6.92 Å². The minimum absolute atomic E-state index is 0.0852. The molecule has 0 saturated carbocycles. The summed E-state index contributed by atoms with van der Waals surface area (Å²) in [6, 6.07) is 8.91. The van der Waals surface area contributed by atoms with Gasteiger partial charge in [0.15, 0.2) is 0 Å². The highest BCUT2D eigenvalue weighted by atomic mass is 16.5. The largest absolute Gasteiger partial charge is 0.381 e. The SMILES string of the molecule is Cc1cccc(C2(Cn3cncc3-c3cnn(C)c3)CCOCC2)c1. The lowest BCUT2D eigenvalue weighted by molar-refractivity contribution is 0.0436. The van der Waals surface area contributed by atoms with E-state index in [4.69, 9.17) is 4.74 Å². The topological polar surface area (TPSA) is 44.9 Å². The Kier molecular flexibility index (Phi) is 4.17. The highest BCUT2D eigenvalue weighted by Crippen LogP contribution is 2.38. The molecule has 0 atom stereocenters. The van der Waals surface area contributed by atoms with Gasteiger partial charge in [0.1, 0.15) is 0 Å². The van der Waals surface area contributed by atoms with E-state index in [2.05, 4.69) is 45.8 Å². The van der Waals surface area contributed by atoms with Crippen molar-refractivity contribution >= 4 is 0 Å². The summed E-state index contributed by atoms with van der Waals surface area (Å²) in [7, 11) is 1.94. The van der Waals surface area contributed by atoms with Crippen molar-refractivity contribution < 1.29 is 4.74 Å². The van der Waals surface area contributed by atoms with Gasteiger partial charge in [0.2, 0.25) is 0 Å². The molecule has 0 spiro atoms. The van der Waals surface area contributed by atoms with Crippen LogP contribution < -0.4 is 0 Å². The molecule has 25 heavy (non-hydrogen) atoms. The summed E-state index contributed by atoms with van der Waals surface area (Å²) in [5.74, 6) is 0. The number of hydrogen-bond donors (Lipinski definition) is 0. The van der Waals surface area contributed by atoms with Gasteiger partial charge in [0, 0.05) is 44.0 Å². The summed E-state index contributed by atoms with van der Waals surface area (Å²) in [6.07, 6.45) is 9.87. The van der Waals surface area contributed by atoms with Gasteiger partial charge in [0.05, 0.1) is 24.4 Å². The maximum absolute atomic E-state index is 5.68. The highest BCUT2D eigenvalue weighted by molar-refractivity contribution is 5.56. The van der Waals surface area contributed by atoms with Gasteiger partial charge >= 0.3 is 0 Å². The third-order valence-corrected chi connectivity index (χ3v) is 5.27. The Bertz CT molecular complexity index is 858. The van der Waals surface area contributed by atoms with Crippen LogP contribution in [0.2, 0.25) is 0 Å². The zero-order valence-corrected chi connectivity index (χ0v) is 14.9. The minimum atomic E-state index is 0.0852. The first kappa shape index (κ1) is 16.1. The molecule has 0 N–H and O–H groups in total. The molecule has 0 amide bonds. The second-order valence-electron chi connectivity index (χ2n) is 7.07. The predicted molar refractivity (Wildman–Crippen MR) is 97.3 cm³/mol. The molecular formula is C20H24N4O. The molecule has 2 aromatic heterocycles. The third-order valence-electron chi connectivity index (χ3n) is 5.27. The first-order valence-corrected chi connectivity index (χ1v) is 8.80. The standard InChI is InChI=1S/C20H24N4O/c1-16-4-3-5-18(10-16)20(6-8-25-9-7-20)14-24-15-21-12-19(24)17-11-22-23(2)13-17/h3-5,10-13,15H,6-9,14H2,1-2H3. The van der Waals surface area contributed by atoms with Crippen molar-refractivity contribution in [2.24, 2.45) is 7.05 Å². The van der Waals surface area contributed by atoms with Gasteiger partial charge < -0.3 is 9.30 Å². The van der Waals surface area contributed by atoms with E-state index >= 15 is 0 Å². The lowest BCUT2D eigenvalue weighted by Gasteiger charge is -2.38. The van der Waals surface area contributed by atoms with Crippen molar-refractivity contribution in [3.05, 3.63) is 60.3 Å². The van der Waals surface area contributed by atoms with Crippen molar-refractivity contribution in [3.63, 3.8) is 0 Å². The highest BCUT2D eigenvalue weighted by Gasteiger charge is 2.35. The van der Waals surface area contributed by atoms with Gasteiger partial charge in [-0.25, -0.2) is 4.98 Å². The number of nitrogens with zero attached hydrogens (tertiary/aromatic N) is 4. The van der Waals surface area contributed by atoms with Crippen molar-refractivity contribution in [1.82, 2.24) is 19.3 Å². The van der Waals surface area contributed by atoms with Crippen LogP contribution in [0.5, 0.6) is 0 Å². The van der Waals surface area contributed by atoms with Crippen LogP contribution in [0.1, 0.15) is 24.0 Å². The maximum Gasteiger partial charge on any atom is 0.0951 e. The second-order valence-corrected chi connectivity index (χ2v) is 7.07. The van der Waals surface area contributed by atoms with Crippen molar-refractivity contribution in [1.29, 1.82) is 0 Å². The Morgan fingerprint density at radius 3 is 2.76 bits per heavy atom. The quantitative estimate of drug-likeness (QED) is 0.734. The molecule has 5 heteroatoms. The fourth-order valence-electron chi connectivity index (χ4n) is 3.84. The fraction of sp³-hybridized carbons (Fsp3) is 0.400. The van der Waals surface area contributed by atoms with Crippen molar-refractivity contribution in [2.75, 3.05) is 13.2 Å². The van der Waals surface area contributed by atoms with Crippen LogP contribution in [-0.4, -0.2) is 32.5 Å². The molecule has 1 fully saturated rings. The average Bonchev–Trinajstić information content (AvgIpc) is 3.24. The molecule has 1 aromatic carbocycles. The lowest BCUT2D eigenvalue weighted by Crippen LogP contribution is -2.38. The van der Waals surface area contributed by atoms with E-state index in [0.29, 0.717) is 0 Å². The van der Waals surface area contributed by atoms with E-state index in [0.717, 1.165) is 43.9 Å². The van der Waals surface area contributed by atoms with E-state index in [9.17, 15) is 0 Å². The zero-order valence-electron chi connectivity index (χ0n) is 14.9. The van der Waals surface area contributed by atoms with Crippen molar-refractivity contribution in [2.45, 2.75) is 31.7 Å². The molecule has 1 aliphatic heterocycles. The van der Waals surface area contributed by atoms with Gasteiger partial charge in [0.25, 0.3) is 0 Å². The summed E-state index contributed by atoms with van der Waals surface area (Å²) < 4.78 is 9.77. The van der Waals surface area contributed by atoms with E-state index in [1.165, 1.54) is 11.1 Å². The molecule has 0 aliphatic carbocycles. The van der Waals surface area contributed by atoms with E-state index < -0.39 is 0 Å². The monoisotopic (exact) mass is 336 g/mol. The summed E-state index contributed by atoms with van der Waals surface area (Å²) in [6.45, 7) is 4.69. The maximum atomic E-state index is 5.68. The van der Waals surface area contributed by atoms with Crippen LogP contribution in [0.15, 0.2) is 49.2 Å². The van der Waals surface area contributed by atoms with Crippen LogP contribution in [-0.2, 0) is 23.7 Å².